The highest BCUT2D eigenvalue weighted by molar-refractivity contribution is 7.91. The van der Waals surface area contributed by atoms with Gasteiger partial charge in [0.05, 0.1) is 17.1 Å². The summed E-state index contributed by atoms with van der Waals surface area (Å²) in [7, 11) is -3.78. The topological polar surface area (TPSA) is 116 Å². The van der Waals surface area contributed by atoms with Crippen molar-refractivity contribution in [2.75, 3.05) is 18.8 Å². The average molecular weight is 321 g/mol. The van der Waals surface area contributed by atoms with Gasteiger partial charge in [0, 0.05) is 19.2 Å². The molecule has 1 aliphatic heterocycles. The Morgan fingerprint density at radius 3 is 2.45 bits per heavy atom. The van der Waals surface area contributed by atoms with Crippen LogP contribution in [0.4, 0.5) is 10.7 Å². The number of anilines is 1. The molecule has 20 heavy (non-hydrogen) atoms. The summed E-state index contributed by atoms with van der Waals surface area (Å²) in [5, 5.41) is 10.6. The lowest BCUT2D eigenvalue weighted by Crippen LogP contribution is -2.47. The summed E-state index contributed by atoms with van der Waals surface area (Å²) < 4.78 is 31.6. The van der Waals surface area contributed by atoms with Gasteiger partial charge in [-0.2, -0.15) is 4.31 Å². The van der Waals surface area contributed by atoms with E-state index in [1.54, 1.807) is 13.8 Å². The van der Waals surface area contributed by atoms with Crippen LogP contribution in [-0.4, -0.2) is 42.9 Å². The van der Waals surface area contributed by atoms with Crippen molar-refractivity contribution in [3.63, 3.8) is 0 Å². The van der Waals surface area contributed by atoms with E-state index in [1.807, 2.05) is 0 Å². The molecule has 0 aromatic carbocycles. The van der Waals surface area contributed by atoms with Gasteiger partial charge in [0.2, 0.25) is 0 Å². The highest BCUT2D eigenvalue weighted by atomic mass is 32.2. The number of morpholine rings is 1. The number of nitro groups is 1. The van der Waals surface area contributed by atoms with Gasteiger partial charge in [-0.1, -0.05) is 11.3 Å². The van der Waals surface area contributed by atoms with Gasteiger partial charge in [0.25, 0.3) is 10.0 Å². The predicted molar refractivity (Wildman–Crippen MR) is 74.2 cm³/mol. The second-order valence-corrected chi connectivity index (χ2v) is 7.90. The quantitative estimate of drug-likeness (QED) is 0.656. The van der Waals surface area contributed by atoms with E-state index >= 15 is 0 Å². The second-order valence-electron chi connectivity index (χ2n) is 4.65. The van der Waals surface area contributed by atoms with Gasteiger partial charge in [-0.3, -0.25) is 10.1 Å². The summed E-state index contributed by atoms with van der Waals surface area (Å²) >= 11 is 0.711. The van der Waals surface area contributed by atoms with Crippen LogP contribution in [0.1, 0.15) is 13.8 Å². The van der Waals surface area contributed by atoms with Crippen molar-refractivity contribution in [3.8, 4) is 0 Å². The molecule has 0 aliphatic carbocycles. The van der Waals surface area contributed by atoms with Crippen molar-refractivity contribution in [1.82, 2.24) is 4.31 Å². The van der Waals surface area contributed by atoms with E-state index in [0.717, 1.165) is 6.07 Å². The number of hydrogen-bond acceptors (Lipinski definition) is 7. The zero-order chi connectivity index (χ0) is 15.1. The molecule has 0 unspecified atom stereocenters. The van der Waals surface area contributed by atoms with Crippen LogP contribution in [0.3, 0.4) is 0 Å². The Kier molecular flexibility index (Phi) is 4.00. The minimum atomic E-state index is -3.78. The third kappa shape index (κ3) is 2.77. The van der Waals surface area contributed by atoms with Crippen LogP contribution in [0.2, 0.25) is 0 Å². The molecule has 1 aromatic heterocycles. The molecular weight excluding hydrogens is 306 g/mol. The molecule has 2 N–H and O–H groups in total. The summed E-state index contributed by atoms with van der Waals surface area (Å²) in [5.41, 5.74) is 5.12. The molecule has 8 nitrogen and oxygen atoms in total. The van der Waals surface area contributed by atoms with Crippen molar-refractivity contribution in [2.24, 2.45) is 0 Å². The molecule has 0 saturated carbocycles. The molecular formula is C10H15N3O5S2. The van der Waals surface area contributed by atoms with Gasteiger partial charge >= 0.3 is 5.69 Å². The van der Waals surface area contributed by atoms with Crippen molar-refractivity contribution in [3.05, 3.63) is 16.2 Å². The minimum absolute atomic E-state index is 0.108. The lowest BCUT2D eigenvalue weighted by atomic mass is 10.3. The van der Waals surface area contributed by atoms with Crippen LogP contribution in [0, 0.1) is 10.1 Å². The summed E-state index contributed by atoms with van der Waals surface area (Å²) in [6, 6.07) is 1.01. The molecule has 112 valence electrons. The van der Waals surface area contributed by atoms with E-state index in [9.17, 15) is 18.5 Å². The lowest BCUT2D eigenvalue weighted by Gasteiger charge is -2.33. The number of sulfonamides is 1. The first kappa shape index (κ1) is 15.2. The number of ether oxygens (including phenoxy) is 1. The Labute approximate surface area is 120 Å². The smallest absolute Gasteiger partial charge is 0.304 e. The molecule has 0 radical (unpaired) electrons. The summed E-state index contributed by atoms with van der Waals surface area (Å²) in [4.78, 5) is 10.1. The Hall–Kier alpha value is -1.23. The Morgan fingerprint density at radius 2 is 2.00 bits per heavy atom. The first-order valence-electron chi connectivity index (χ1n) is 5.91. The molecule has 2 atom stereocenters. The molecule has 1 fully saturated rings. The van der Waals surface area contributed by atoms with Gasteiger partial charge in [0.1, 0.15) is 4.21 Å². The first-order valence-corrected chi connectivity index (χ1v) is 8.16. The molecule has 0 spiro atoms. The molecule has 2 rings (SSSR count). The molecule has 1 saturated heterocycles. The number of hydrogen-bond donors (Lipinski definition) is 1. The average Bonchev–Trinajstić information content (AvgIpc) is 2.70. The van der Waals surface area contributed by atoms with Gasteiger partial charge < -0.3 is 10.5 Å². The normalized spacial score (nSPS) is 24.7. The Morgan fingerprint density at radius 1 is 1.45 bits per heavy atom. The van der Waals surface area contributed by atoms with Crippen LogP contribution in [-0.2, 0) is 14.8 Å². The maximum absolute atomic E-state index is 12.5. The Balaban J connectivity index is 2.35. The zero-order valence-corrected chi connectivity index (χ0v) is 12.6. The van der Waals surface area contributed by atoms with E-state index in [1.165, 1.54) is 4.31 Å². The van der Waals surface area contributed by atoms with Crippen molar-refractivity contribution in [2.45, 2.75) is 30.3 Å². The summed E-state index contributed by atoms with van der Waals surface area (Å²) in [6.45, 7) is 4.00. The van der Waals surface area contributed by atoms with Gasteiger partial charge in [-0.25, -0.2) is 8.42 Å². The fourth-order valence-corrected chi connectivity index (χ4v) is 5.06. The van der Waals surface area contributed by atoms with E-state index in [0.29, 0.717) is 11.3 Å². The molecule has 1 aromatic rings. The first-order chi connectivity index (χ1) is 9.21. The van der Waals surface area contributed by atoms with E-state index in [2.05, 4.69) is 0 Å². The van der Waals surface area contributed by atoms with Crippen molar-refractivity contribution in [1.29, 1.82) is 0 Å². The van der Waals surface area contributed by atoms with Crippen LogP contribution in [0.25, 0.3) is 0 Å². The number of rotatable bonds is 3. The minimum Gasteiger partial charge on any atom is -0.385 e. The highest BCUT2D eigenvalue weighted by Gasteiger charge is 2.35. The Bertz CT molecular complexity index is 617. The number of nitrogens with zero attached hydrogens (tertiary/aromatic N) is 2. The fourth-order valence-electron chi connectivity index (χ4n) is 2.10. The molecule has 0 bridgehead atoms. The largest absolute Gasteiger partial charge is 0.385 e. The number of nitrogens with two attached hydrogens (primary N) is 1. The van der Waals surface area contributed by atoms with Gasteiger partial charge in [-0.05, 0) is 13.8 Å². The van der Waals surface area contributed by atoms with Gasteiger partial charge in [0.15, 0.2) is 5.00 Å². The zero-order valence-electron chi connectivity index (χ0n) is 11.0. The third-order valence-electron chi connectivity index (χ3n) is 2.89. The molecule has 1 aliphatic rings. The van der Waals surface area contributed by atoms with E-state index < -0.39 is 14.9 Å². The van der Waals surface area contributed by atoms with Crippen molar-refractivity contribution < 1.29 is 18.1 Å². The maximum Gasteiger partial charge on any atom is 0.304 e. The standard InChI is InChI=1S/C10H15N3O5S2/c1-6-4-12(5-7(2)18-6)20(16,17)9-3-8(13(14)15)10(11)19-9/h3,6-7H,4-5,11H2,1-2H3/t6-,7+. The monoisotopic (exact) mass is 321 g/mol. The van der Waals surface area contributed by atoms with Crippen molar-refractivity contribution >= 4 is 32.0 Å². The molecule has 2 heterocycles. The SMILES string of the molecule is C[C@@H]1CN(S(=O)(=O)c2cc([N+](=O)[O-])c(N)s2)C[C@H](C)O1. The highest BCUT2D eigenvalue weighted by Crippen LogP contribution is 2.36. The molecule has 0 amide bonds. The van der Waals surface area contributed by atoms with Crippen LogP contribution in [0.5, 0.6) is 0 Å². The van der Waals surface area contributed by atoms with E-state index in [4.69, 9.17) is 10.5 Å². The predicted octanol–water partition coefficient (Wildman–Crippen LogP) is 1.04. The summed E-state index contributed by atoms with van der Waals surface area (Å²) in [6.07, 6.45) is -0.443. The number of thiophene rings is 1. The lowest BCUT2D eigenvalue weighted by molar-refractivity contribution is -0.383. The summed E-state index contributed by atoms with van der Waals surface area (Å²) in [5.74, 6) is 0. The van der Waals surface area contributed by atoms with E-state index in [-0.39, 0.29) is 40.2 Å². The van der Waals surface area contributed by atoms with Crippen LogP contribution in [0.15, 0.2) is 10.3 Å². The number of nitrogen functional groups attached to an aromatic ring is 1. The third-order valence-corrected chi connectivity index (χ3v) is 6.13. The van der Waals surface area contributed by atoms with Gasteiger partial charge in [-0.15, -0.1) is 0 Å². The van der Waals surface area contributed by atoms with Crippen LogP contribution >= 0.6 is 11.3 Å². The molecule has 10 heteroatoms. The fraction of sp³-hybridized carbons (Fsp3) is 0.600. The van der Waals surface area contributed by atoms with Crippen LogP contribution < -0.4 is 5.73 Å². The maximum atomic E-state index is 12.5. The second kappa shape index (κ2) is 5.28.